The first kappa shape index (κ1) is 13.7. The van der Waals surface area contributed by atoms with Gasteiger partial charge < -0.3 is 19.5 Å². The van der Waals surface area contributed by atoms with Crippen LogP contribution in [0.3, 0.4) is 0 Å². The van der Waals surface area contributed by atoms with Crippen LogP contribution in [0.25, 0.3) is 0 Å². The highest BCUT2D eigenvalue weighted by Gasteiger charge is 2.44. The van der Waals surface area contributed by atoms with E-state index in [0.29, 0.717) is 6.04 Å². The van der Waals surface area contributed by atoms with E-state index in [1.807, 2.05) is 7.05 Å². The molecule has 2 aliphatic rings. The molecule has 0 aromatic heterocycles. The van der Waals surface area contributed by atoms with E-state index >= 15 is 0 Å². The Balaban J connectivity index is 2.07. The number of likely N-dealkylation sites (N-methyl/N-ethyl adjacent to an activating group) is 1. The van der Waals surface area contributed by atoms with Gasteiger partial charge in [0.05, 0.1) is 25.9 Å². The maximum atomic E-state index is 6.35. The van der Waals surface area contributed by atoms with Crippen LogP contribution in [-0.2, 0) is 16.8 Å². The third-order valence-corrected chi connectivity index (χ3v) is 4.76. The molecule has 0 radical (unpaired) electrons. The minimum atomic E-state index is -0.203. The van der Waals surface area contributed by atoms with Crippen LogP contribution in [-0.4, -0.2) is 33.4 Å². The molecule has 20 heavy (non-hydrogen) atoms. The van der Waals surface area contributed by atoms with Crippen molar-refractivity contribution in [3.8, 4) is 11.5 Å². The first-order chi connectivity index (χ1) is 9.61. The molecule has 0 unspecified atom stereocenters. The highest BCUT2D eigenvalue weighted by atomic mass is 16.5. The van der Waals surface area contributed by atoms with Crippen LogP contribution in [0.15, 0.2) is 12.1 Å². The maximum absolute atomic E-state index is 6.35. The minimum absolute atomic E-state index is 0.203. The SMILES string of the molecule is CN[C@@H]1CC[C@]2(C)O[C@H]1Cc1cc(OC)c(OC)cc12. The largest absolute Gasteiger partial charge is 0.493 e. The molecule has 0 aliphatic carbocycles. The zero-order chi connectivity index (χ0) is 14.3. The van der Waals surface area contributed by atoms with Crippen molar-refractivity contribution in [3.05, 3.63) is 23.3 Å². The Bertz CT molecular complexity index is 517. The van der Waals surface area contributed by atoms with Crippen molar-refractivity contribution >= 4 is 0 Å². The van der Waals surface area contributed by atoms with Crippen LogP contribution in [0, 0.1) is 0 Å². The number of hydrogen-bond acceptors (Lipinski definition) is 4. The summed E-state index contributed by atoms with van der Waals surface area (Å²) in [7, 11) is 5.38. The standard InChI is InChI=1S/C16H23NO3/c1-16-6-5-12(17-2)13(20-16)7-10-8-14(18-3)15(19-4)9-11(10)16/h8-9,12-13,17H,5-7H2,1-4H3/t12-,13+,16+/m1/s1. The quantitative estimate of drug-likeness (QED) is 0.920. The number of fused-ring (bicyclic) bond motifs is 4. The van der Waals surface area contributed by atoms with Crippen molar-refractivity contribution in [1.82, 2.24) is 5.32 Å². The molecule has 110 valence electrons. The van der Waals surface area contributed by atoms with Gasteiger partial charge in [-0.25, -0.2) is 0 Å². The summed E-state index contributed by atoms with van der Waals surface area (Å²) in [6, 6.07) is 4.63. The summed E-state index contributed by atoms with van der Waals surface area (Å²) < 4.78 is 17.2. The Kier molecular flexibility index (Phi) is 3.38. The summed E-state index contributed by atoms with van der Waals surface area (Å²) in [5, 5.41) is 3.38. The number of benzene rings is 1. The Morgan fingerprint density at radius 1 is 1.25 bits per heavy atom. The molecule has 2 aliphatic heterocycles. The van der Waals surface area contributed by atoms with Gasteiger partial charge >= 0.3 is 0 Å². The second-order valence-corrected chi connectivity index (χ2v) is 5.89. The molecular formula is C16H23NO3. The first-order valence-corrected chi connectivity index (χ1v) is 7.21. The summed E-state index contributed by atoms with van der Waals surface area (Å²) >= 11 is 0. The molecule has 0 spiro atoms. The highest BCUT2D eigenvalue weighted by Crippen LogP contribution is 2.47. The van der Waals surface area contributed by atoms with E-state index in [4.69, 9.17) is 14.2 Å². The summed E-state index contributed by atoms with van der Waals surface area (Å²) in [5.74, 6) is 1.58. The van der Waals surface area contributed by atoms with Crippen LogP contribution in [0.2, 0.25) is 0 Å². The van der Waals surface area contributed by atoms with Gasteiger partial charge in [0.1, 0.15) is 0 Å². The van der Waals surface area contributed by atoms with Gasteiger partial charge in [0.25, 0.3) is 0 Å². The fourth-order valence-electron chi connectivity index (χ4n) is 3.60. The lowest BCUT2D eigenvalue weighted by molar-refractivity contribution is -0.146. The van der Waals surface area contributed by atoms with E-state index in [9.17, 15) is 0 Å². The number of ether oxygens (including phenoxy) is 3. The highest BCUT2D eigenvalue weighted by molar-refractivity contribution is 5.50. The molecule has 2 heterocycles. The molecule has 0 saturated carbocycles. The number of hydrogen-bond donors (Lipinski definition) is 1. The number of rotatable bonds is 3. The van der Waals surface area contributed by atoms with Gasteiger partial charge in [-0.15, -0.1) is 0 Å². The molecule has 4 heteroatoms. The van der Waals surface area contributed by atoms with Gasteiger partial charge in [-0.1, -0.05) is 0 Å². The molecule has 2 bridgehead atoms. The van der Waals surface area contributed by atoms with Gasteiger partial charge in [0.2, 0.25) is 0 Å². The van der Waals surface area contributed by atoms with Gasteiger partial charge in [0.15, 0.2) is 11.5 Å². The second-order valence-electron chi connectivity index (χ2n) is 5.89. The minimum Gasteiger partial charge on any atom is -0.493 e. The molecule has 3 atom stereocenters. The number of methoxy groups -OCH3 is 2. The van der Waals surface area contributed by atoms with E-state index in [1.165, 1.54) is 11.1 Å². The van der Waals surface area contributed by atoms with Gasteiger partial charge in [-0.05, 0) is 50.1 Å². The molecule has 1 aromatic carbocycles. The predicted octanol–water partition coefficient (Wildman–Crippen LogP) is 2.24. The molecule has 1 fully saturated rings. The average molecular weight is 277 g/mol. The summed E-state index contributed by atoms with van der Waals surface area (Å²) in [4.78, 5) is 0. The van der Waals surface area contributed by atoms with E-state index in [2.05, 4.69) is 24.4 Å². The Morgan fingerprint density at radius 3 is 2.60 bits per heavy atom. The summed E-state index contributed by atoms with van der Waals surface area (Å²) in [6.07, 6.45) is 3.34. The Hall–Kier alpha value is -1.26. The monoisotopic (exact) mass is 277 g/mol. The van der Waals surface area contributed by atoms with Gasteiger partial charge in [-0.3, -0.25) is 0 Å². The fourth-order valence-corrected chi connectivity index (χ4v) is 3.60. The molecular weight excluding hydrogens is 254 g/mol. The molecule has 1 saturated heterocycles. The molecule has 1 aromatic rings. The van der Waals surface area contributed by atoms with Crippen molar-refractivity contribution < 1.29 is 14.2 Å². The van der Waals surface area contributed by atoms with E-state index in [0.717, 1.165) is 30.8 Å². The zero-order valence-electron chi connectivity index (χ0n) is 12.7. The van der Waals surface area contributed by atoms with E-state index in [1.54, 1.807) is 14.2 Å². The molecule has 1 N–H and O–H groups in total. The predicted molar refractivity (Wildman–Crippen MR) is 77.6 cm³/mol. The summed E-state index contributed by atoms with van der Waals surface area (Å²) in [5.41, 5.74) is 2.37. The van der Waals surface area contributed by atoms with Crippen LogP contribution >= 0.6 is 0 Å². The van der Waals surface area contributed by atoms with Crippen molar-refractivity contribution in [2.45, 2.75) is 43.9 Å². The second kappa shape index (κ2) is 4.93. The van der Waals surface area contributed by atoms with E-state index < -0.39 is 0 Å². The van der Waals surface area contributed by atoms with Crippen LogP contribution in [0.1, 0.15) is 30.9 Å². The van der Waals surface area contributed by atoms with Gasteiger partial charge in [0, 0.05) is 12.5 Å². The van der Waals surface area contributed by atoms with Crippen molar-refractivity contribution in [1.29, 1.82) is 0 Å². The Labute approximate surface area is 120 Å². The smallest absolute Gasteiger partial charge is 0.161 e. The normalized spacial score (nSPS) is 31.6. The topological polar surface area (TPSA) is 39.7 Å². The zero-order valence-corrected chi connectivity index (χ0v) is 12.7. The summed E-state index contributed by atoms with van der Waals surface area (Å²) in [6.45, 7) is 2.19. The average Bonchev–Trinajstić information content (AvgIpc) is 2.46. The Morgan fingerprint density at radius 2 is 1.95 bits per heavy atom. The molecule has 4 nitrogen and oxygen atoms in total. The van der Waals surface area contributed by atoms with Crippen LogP contribution in [0.4, 0.5) is 0 Å². The van der Waals surface area contributed by atoms with Crippen molar-refractivity contribution in [2.24, 2.45) is 0 Å². The maximum Gasteiger partial charge on any atom is 0.161 e. The van der Waals surface area contributed by atoms with E-state index in [-0.39, 0.29) is 11.7 Å². The molecule has 0 amide bonds. The van der Waals surface area contributed by atoms with Crippen LogP contribution < -0.4 is 14.8 Å². The van der Waals surface area contributed by atoms with Crippen molar-refractivity contribution in [2.75, 3.05) is 21.3 Å². The fraction of sp³-hybridized carbons (Fsp3) is 0.625. The lowest BCUT2D eigenvalue weighted by Crippen LogP contribution is -2.53. The third kappa shape index (κ3) is 1.98. The van der Waals surface area contributed by atoms with Crippen LogP contribution in [0.5, 0.6) is 11.5 Å². The first-order valence-electron chi connectivity index (χ1n) is 7.21. The number of nitrogens with one attached hydrogen (secondary N) is 1. The third-order valence-electron chi connectivity index (χ3n) is 4.76. The lowest BCUT2D eigenvalue weighted by Gasteiger charge is -2.48. The van der Waals surface area contributed by atoms with Gasteiger partial charge in [-0.2, -0.15) is 0 Å². The van der Waals surface area contributed by atoms with Crippen molar-refractivity contribution in [3.63, 3.8) is 0 Å². The lowest BCUT2D eigenvalue weighted by atomic mass is 9.76. The molecule has 3 rings (SSSR count).